The number of furan rings is 1. The average Bonchev–Trinajstić information content (AvgIpc) is 4.08. The summed E-state index contributed by atoms with van der Waals surface area (Å²) >= 11 is 0. The molecule has 4 heterocycles. The van der Waals surface area contributed by atoms with Crippen LogP contribution < -0.4 is 0 Å². The van der Waals surface area contributed by atoms with E-state index < -0.39 is 102 Å². The summed E-state index contributed by atoms with van der Waals surface area (Å²) < 4.78 is 145. The minimum atomic E-state index is -0.785. The molecule has 0 aliphatic heterocycles. The van der Waals surface area contributed by atoms with Crippen LogP contribution in [0.5, 0.6) is 0 Å². The van der Waals surface area contributed by atoms with Crippen molar-refractivity contribution in [2.75, 3.05) is 0 Å². The predicted molar refractivity (Wildman–Crippen MR) is 232 cm³/mol. The van der Waals surface area contributed by atoms with Gasteiger partial charge in [-0.3, -0.25) is 4.57 Å². The maximum absolute atomic E-state index is 9.87. The van der Waals surface area contributed by atoms with Crippen LogP contribution in [0.1, 0.15) is 20.6 Å². The van der Waals surface area contributed by atoms with E-state index in [-0.39, 0.29) is 55.7 Å². The summed E-state index contributed by atoms with van der Waals surface area (Å²) in [4.78, 5) is 15.0. The van der Waals surface area contributed by atoms with E-state index in [0.717, 1.165) is 26.5 Å². The first-order valence-electron chi connectivity index (χ1n) is 25.4. The Hall–Kier alpha value is -7.83. The van der Waals surface area contributed by atoms with Crippen LogP contribution in [-0.2, 0) is 0 Å². The monoisotopic (exact) mass is 744 g/mol. The molecule has 0 fully saturated rings. The average molecular weight is 745 g/mol. The van der Waals surface area contributed by atoms with Crippen LogP contribution in [0.15, 0.2) is 192 Å². The lowest BCUT2D eigenvalue weighted by Gasteiger charge is -2.12. The fourth-order valence-corrected chi connectivity index (χ4v) is 7.68. The molecule has 12 aromatic rings. The zero-order chi connectivity index (χ0) is 50.5. The Balaban J connectivity index is 1.30. The van der Waals surface area contributed by atoms with E-state index in [4.69, 9.17) is 31.7 Å². The Morgan fingerprint density at radius 2 is 1.11 bits per heavy atom. The number of aromatic nitrogens is 5. The second kappa shape index (κ2) is 12.3. The highest BCUT2D eigenvalue weighted by Gasteiger charge is 2.24. The van der Waals surface area contributed by atoms with Gasteiger partial charge in [-0.2, -0.15) is 9.97 Å². The van der Waals surface area contributed by atoms with Gasteiger partial charge in [0.05, 0.1) is 48.2 Å². The predicted octanol–water partition coefficient (Wildman–Crippen LogP) is 13.0. The normalized spacial score (nSPS) is 15.5. The highest BCUT2D eigenvalue weighted by molar-refractivity contribution is 6.26. The maximum Gasteiger partial charge on any atom is 0.238 e. The van der Waals surface area contributed by atoms with Gasteiger partial charge in [0.25, 0.3) is 0 Å². The van der Waals surface area contributed by atoms with E-state index in [1.165, 1.54) is 4.57 Å². The fraction of sp³-hybridized carbons (Fsp3) is 0. The van der Waals surface area contributed by atoms with Gasteiger partial charge in [-0.25, -0.2) is 4.98 Å². The van der Waals surface area contributed by atoms with Gasteiger partial charge in [0.15, 0.2) is 11.6 Å². The quantitative estimate of drug-likeness (QED) is 0.176. The molecule has 0 saturated carbocycles. The first kappa shape index (κ1) is 20.2. The minimum absolute atomic E-state index is 0.0539. The molecule has 57 heavy (non-hydrogen) atoms. The third kappa shape index (κ3) is 4.81. The van der Waals surface area contributed by atoms with E-state index in [1.807, 2.05) is 91.0 Å². The number of benzene rings is 8. The van der Waals surface area contributed by atoms with Crippen molar-refractivity contribution in [1.29, 1.82) is 0 Å². The molecule has 0 atom stereocenters. The zero-order valence-corrected chi connectivity index (χ0v) is 29.4. The Kier molecular flexibility index (Phi) is 4.37. The smallest absolute Gasteiger partial charge is 0.238 e. The lowest BCUT2D eigenvalue weighted by Crippen LogP contribution is -2.06. The summed E-state index contributed by atoms with van der Waals surface area (Å²) in [5.41, 5.74) is 1.93. The topological polar surface area (TPSA) is 61.7 Å². The molecule has 0 aliphatic rings. The number of nitrogens with zero attached hydrogens (tertiary/aromatic N) is 5. The third-order valence-electron chi connectivity index (χ3n) is 10.2. The largest absolute Gasteiger partial charge is 0.455 e. The molecule has 6 nitrogen and oxygen atoms in total. The number of para-hydroxylation sites is 5. The molecule has 12 rings (SSSR count). The fourth-order valence-electron chi connectivity index (χ4n) is 7.68. The van der Waals surface area contributed by atoms with Crippen LogP contribution in [0.2, 0.25) is 0 Å². The molecule has 0 unspecified atom stereocenters. The van der Waals surface area contributed by atoms with Crippen molar-refractivity contribution in [1.82, 2.24) is 24.1 Å². The van der Waals surface area contributed by atoms with Gasteiger partial charge >= 0.3 is 0 Å². The highest BCUT2D eigenvalue weighted by atomic mass is 16.3. The SMILES string of the molecule is [2H]c1c([2H])c([2H])c(-n2c3c([2H])c([2H])c([2H])c([2H])c3c3c([2H])c([2H])c4c(c5c([2H])c([2H])c([2H])c([2H])c5n4-c4nc(-c5ccc(-c6ccccc6)cc5)nc(-c5cccc6c5oc5ccccc56)n4)c32)c([2H])c1[2H]. The van der Waals surface area contributed by atoms with Crippen LogP contribution >= 0.6 is 0 Å². The van der Waals surface area contributed by atoms with Crippen LogP contribution in [0.4, 0.5) is 0 Å². The van der Waals surface area contributed by atoms with Gasteiger partial charge in [0.2, 0.25) is 5.95 Å². The van der Waals surface area contributed by atoms with Crippen LogP contribution in [0.3, 0.4) is 0 Å². The first-order chi connectivity index (χ1) is 34.5. The van der Waals surface area contributed by atoms with Crippen molar-refractivity contribution >= 4 is 65.6 Å². The second-order valence-electron chi connectivity index (χ2n) is 13.3. The van der Waals surface area contributed by atoms with E-state index in [1.54, 1.807) is 6.07 Å². The molecular formula is C51H31N5O. The van der Waals surface area contributed by atoms with Crippen molar-refractivity contribution in [2.24, 2.45) is 0 Å². The van der Waals surface area contributed by atoms with Gasteiger partial charge in [0, 0.05) is 43.6 Å². The number of rotatable bonds is 5. The molecule has 266 valence electrons. The van der Waals surface area contributed by atoms with Crippen molar-refractivity contribution < 1.29 is 25.0 Å². The molecule has 0 bridgehead atoms. The lowest BCUT2D eigenvalue weighted by molar-refractivity contribution is 0.669. The summed E-state index contributed by atoms with van der Waals surface area (Å²) in [6, 6.07) is 19.4. The molecule has 0 amide bonds. The van der Waals surface area contributed by atoms with Gasteiger partial charge < -0.3 is 8.98 Å². The van der Waals surface area contributed by atoms with Crippen LogP contribution in [0.25, 0.3) is 111 Å². The summed E-state index contributed by atoms with van der Waals surface area (Å²) in [7, 11) is 0. The number of fused-ring (bicyclic) bond motifs is 10. The highest BCUT2D eigenvalue weighted by Crippen LogP contribution is 2.42. The van der Waals surface area contributed by atoms with Crippen molar-refractivity contribution in [3.05, 3.63) is 188 Å². The van der Waals surface area contributed by atoms with Crippen LogP contribution in [-0.4, -0.2) is 24.1 Å². The molecule has 4 aromatic heterocycles. The zero-order valence-electron chi connectivity index (χ0n) is 44.4. The summed E-state index contributed by atoms with van der Waals surface area (Å²) in [6.45, 7) is 0. The maximum atomic E-state index is 9.87. The standard InChI is InChI=1S/C51H31N5O/c1-3-14-32(15-4-1)33-26-28-34(29-27-33)49-52-50(41-22-13-21-39-37-19-9-12-25-45(37)57-48(39)41)54-51(53-49)56-43-24-11-8-20-40(43)46-44(56)31-30-38-36-18-7-10-23-42(36)55(47(38)46)35-16-5-2-6-17-35/h1-31H/i2D,5D,6D,7D,8D,10D,11D,16D,17D,18D,20D,23D,24D,30D,31D. The van der Waals surface area contributed by atoms with Gasteiger partial charge in [0.1, 0.15) is 11.2 Å². The second-order valence-corrected chi connectivity index (χ2v) is 13.3. The van der Waals surface area contributed by atoms with Gasteiger partial charge in [-0.05, 0) is 53.5 Å². The Morgan fingerprint density at radius 3 is 1.95 bits per heavy atom. The summed E-state index contributed by atoms with van der Waals surface area (Å²) in [5, 5.41) is 0.446. The minimum Gasteiger partial charge on any atom is -0.455 e. The first-order valence-corrected chi connectivity index (χ1v) is 17.9. The molecule has 0 spiro atoms. The Morgan fingerprint density at radius 1 is 0.439 bits per heavy atom. The van der Waals surface area contributed by atoms with Gasteiger partial charge in [-0.1, -0.05) is 145 Å². The van der Waals surface area contributed by atoms with Crippen molar-refractivity contribution in [3.63, 3.8) is 0 Å². The van der Waals surface area contributed by atoms with E-state index >= 15 is 0 Å². The third-order valence-corrected chi connectivity index (χ3v) is 10.2. The van der Waals surface area contributed by atoms with Crippen molar-refractivity contribution in [3.8, 4) is 45.5 Å². The molecule has 8 aromatic carbocycles. The molecule has 0 saturated heterocycles. The number of hydrogen-bond donors (Lipinski definition) is 0. The lowest BCUT2D eigenvalue weighted by atomic mass is 10.0. The summed E-state index contributed by atoms with van der Waals surface area (Å²) in [5.74, 6) is -0.130. The van der Waals surface area contributed by atoms with E-state index in [9.17, 15) is 8.22 Å². The van der Waals surface area contributed by atoms with Crippen molar-refractivity contribution in [2.45, 2.75) is 0 Å². The summed E-state index contributed by atoms with van der Waals surface area (Å²) in [6.07, 6.45) is 0. The van der Waals surface area contributed by atoms with Gasteiger partial charge in [-0.15, -0.1) is 0 Å². The molecule has 6 heteroatoms. The van der Waals surface area contributed by atoms with Crippen LogP contribution in [0, 0.1) is 0 Å². The molecule has 0 radical (unpaired) electrons. The van der Waals surface area contributed by atoms with E-state index in [2.05, 4.69) is 0 Å². The Bertz CT molecular complexity index is 4370. The number of hydrogen-bond acceptors (Lipinski definition) is 4. The Labute approximate surface area is 347 Å². The molecule has 0 N–H and O–H groups in total. The molecular weight excluding hydrogens is 699 g/mol. The molecule has 0 aliphatic carbocycles. The van der Waals surface area contributed by atoms with E-state index in [0.29, 0.717) is 22.3 Å².